The molecule has 0 saturated carbocycles. The second-order valence-electron chi connectivity index (χ2n) is 8.84. The number of carboxylic acid groups (broad SMARTS) is 1. The minimum absolute atomic E-state index is 0. The van der Waals surface area contributed by atoms with Crippen molar-refractivity contribution in [3.05, 3.63) is 11.8 Å². The number of allylic oxidation sites excluding steroid dienone is 1. The van der Waals surface area contributed by atoms with Gasteiger partial charge in [-0.2, -0.15) is 0 Å². The fraction of sp³-hybridized carbons (Fsp3) is 0.600. The topological polar surface area (TPSA) is 205 Å². The summed E-state index contributed by atoms with van der Waals surface area (Å²) < 4.78 is 14.6. The Bertz CT molecular complexity index is 1020. The number of rotatable bonds is 19. The van der Waals surface area contributed by atoms with Gasteiger partial charge < -0.3 is 31.1 Å². The number of nitrogens with two attached hydrogens (primary N) is 1. The molecular weight excluding hydrogens is 507 g/mol. The Morgan fingerprint density at radius 1 is 1.18 bits per heavy atom. The Labute approximate surface area is 246 Å². The first-order valence-corrected chi connectivity index (χ1v) is 12.0. The van der Waals surface area contributed by atoms with E-state index in [1.165, 1.54) is 6.92 Å². The van der Waals surface area contributed by atoms with Gasteiger partial charge in [-0.05, 0) is 32.6 Å². The van der Waals surface area contributed by atoms with E-state index in [-0.39, 0.29) is 74.5 Å². The molecule has 0 spiro atoms. The molecule has 1 aliphatic heterocycles. The number of Topliss-reactive ketones (excluding diaryl/α,β-unsaturated/α-hetero) is 2. The van der Waals surface area contributed by atoms with Gasteiger partial charge in [0, 0.05) is 63.2 Å². The molecular formula is C25H35N4NaO8. The van der Waals surface area contributed by atoms with Crippen molar-refractivity contribution in [3.63, 3.8) is 0 Å². The van der Waals surface area contributed by atoms with E-state index in [1.54, 1.807) is 12.3 Å². The molecule has 0 aromatic heterocycles. The van der Waals surface area contributed by atoms with Crippen molar-refractivity contribution in [1.29, 1.82) is 0 Å². The van der Waals surface area contributed by atoms with E-state index in [1.807, 2.05) is 0 Å². The number of aliphatic imine (C=N–C) groups is 1. The van der Waals surface area contributed by atoms with Crippen molar-refractivity contribution >= 4 is 47.7 Å². The molecule has 4 unspecified atom stereocenters. The first-order valence-electron chi connectivity index (χ1n) is 13.2. The van der Waals surface area contributed by atoms with E-state index in [9.17, 15) is 38.7 Å². The standard InChI is InChI=1S/C25H36N4O8.Na/c1-15(7-10-23(34)35)25(37)29-19(21(32)13-17(16(2)31)5-4-12-30)8-9-22(33)28-20(24(26)36)14-18-6-3-11-27-18;/h6,11-12,15,17,19-20H,3-5,7-10,13-14H2,1-2H3,(H2,26,36)(H,28,33)(H,29,37)(H,34,35);/q;+1/p-1/i1D,12T;. The predicted molar refractivity (Wildman–Crippen MR) is 131 cm³/mol. The van der Waals surface area contributed by atoms with Crippen LogP contribution in [-0.4, -0.2) is 59.8 Å². The number of carbonyl (C=O) groups is 7. The number of aldehydes is 1. The number of nitrogens with one attached hydrogen (secondary N) is 2. The number of hydrogen-bond donors (Lipinski definition) is 3. The van der Waals surface area contributed by atoms with E-state index < -0.39 is 78.8 Å². The normalized spacial score (nSPS) is 15.9. The molecule has 204 valence electrons. The first kappa shape index (κ1) is 31.5. The van der Waals surface area contributed by atoms with Crippen molar-refractivity contribution in [2.75, 3.05) is 0 Å². The monoisotopic (exact) mass is 545 g/mol. The molecule has 4 N–H and O–H groups in total. The summed E-state index contributed by atoms with van der Waals surface area (Å²) in [5.41, 5.74) is 5.97. The van der Waals surface area contributed by atoms with Crippen LogP contribution in [0.4, 0.5) is 0 Å². The molecule has 0 fully saturated rings. The number of carbonyl (C=O) groups excluding carboxylic acids is 7. The minimum Gasteiger partial charge on any atom is -0.550 e. The summed E-state index contributed by atoms with van der Waals surface area (Å²) >= 11 is 0. The largest absolute Gasteiger partial charge is 1.00 e. The Morgan fingerprint density at radius 3 is 2.42 bits per heavy atom. The number of ketones is 2. The van der Waals surface area contributed by atoms with Gasteiger partial charge in [0.2, 0.25) is 17.7 Å². The molecule has 0 saturated heterocycles. The van der Waals surface area contributed by atoms with Crippen LogP contribution in [0, 0.1) is 11.8 Å². The molecule has 12 nitrogen and oxygen atoms in total. The minimum atomic E-state index is -1.40. The SMILES string of the molecule is [2H]CC(CCC(=O)[O-])C(=O)NC(CCC(=O)NC(CC1=CCC=N1)C(N)=O)C(=O)CC(CCC([3H])=O)C(C)=O.[Na+]. The Hall–Kier alpha value is -2.70. The van der Waals surface area contributed by atoms with E-state index in [2.05, 4.69) is 15.6 Å². The van der Waals surface area contributed by atoms with Gasteiger partial charge >= 0.3 is 29.6 Å². The average Bonchev–Trinajstić information content (AvgIpc) is 3.36. The van der Waals surface area contributed by atoms with E-state index in [0.717, 1.165) is 0 Å². The van der Waals surface area contributed by atoms with Gasteiger partial charge in [0.25, 0.3) is 0 Å². The third kappa shape index (κ3) is 13.7. The Balaban J connectivity index is 0.0000152. The van der Waals surface area contributed by atoms with Crippen LogP contribution in [0.15, 0.2) is 16.8 Å². The second kappa shape index (κ2) is 18.5. The van der Waals surface area contributed by atoms with Crippen LogP contribution in [0.25, 0.3) is 0 Å². The van der Waals surface area contributed by atoms with Crippen LogP contribution in [0.5, 0.6) is 0 Å². The summed E-state index contributed by atoms with van der Waals surface area (Å²) in [7, 11) is 0. The summed E-state index contributed by atoms with van der Waals surface area (Å²) in [6, 6.07) is -2.33. The number of carboxylic acids is 1. The summed E-state index contributed by atoms with van der Waals surface area (Å²) in [6.45, 7) is 0.776. The van der Waals surface area contributed by atoms with Gasteiger partial charge in [0.05, 0.1) is 6.04 Å². The maximum absolute atomic E-state index is 13.1. The second-order valence-corrected chi connectivity index (χ2v) is 8.84. The zero-order chi connectivity index (χ0) is 29.5. The van der Waals surface area contributed by atoms with Gasteiger partial charge in [0.15, 0.2) is 5.78 Å². The molecule has 4 atom stereocenters. The maximum Gasteiger partial charge on any atom is 1.00 e. The van der Waals surface area contributed by atoms with Crippen LogP contribution >= 0.6 is 0 Å². The van der Waals surface area contributed by atoms with Gasteiger partial charge in [-0.3, -0.25) is 29.0 Å². The summed E-state index contributed by atoms with van der Waals surface area (Å²) in [5.74, 6) is -6.54. The van der Waals surface area contributed by atoms with E-state index in [4.69, 9.17) is 8.48 Å². The van der Waals surface area contributed by atoms with Crippen molar-refractivity contribution in [2.45, 2.75) is 83.7 Å². The zero-order valence-corrected chi connectivity index (χ0v) is 23.8. The molecule has 1 heterocycles. The number of primary amides is 1. The predicted octanol–water partition coefficient (Wildman–Crippen LogP) is -3.72. The van der Waals surface area contributed by atoms with Gasteiger partial charge in [-0.1, -0.05) is 13.0 Å². The quantitative estimate of drug-likeness (QED) is 0.108. The van der Waals surface area contributed by atoms with Crippen LogP contribution in [0.1, 0.15) is 74.4 Å². The molecule has 0 aliphatic carbocycles. The number of nitrogens with zero attached hydrogens (tertiary/aromatic N) is 1. The van der Waals surface area contributed by atoms with Crippen LogP contribution in [0.2, 0.25) is 0 Å². The fourth-order valence-electron chi connectivity index (χ4n) is 3.61. The number of hydrogen-bond acceptors (Lipinski definition) is 9. The molecule has 0 radical (unpaired) electrons. The molecule has 3 amide bonds. The van der Waals surface area contributed by atoms with Crippen molar-refractivity contribution in [2.24, 2.45) is 22.6 Å². The summed E-state index contributed by atoms with van der Waals surface area (Å²) in [6.07, 6.45) is 1.33. The molecule has 0 bridgehead atoms. The third-order valence-corrected chi connectivity index (χ3v) is 5.86. The van der Waals surface area contributed by atoms with Crippen LogP contribution in [-0.2, 0) is 33.6 Å². The molecule has 1 aliphatic rings. The maximum atomic E-state index is 13.1. The molecule has 13 heteroatoms. The zero-order valence-electron chi connectivity index (χ0n) is 23.8. The van der Waals surface area contributed by atoms with Gasteiger partial charge in [-0.25, -0.2) is 0 Å². The van der Waals surface area contributed by atoms with Crippen molar-refractivity contribution in [1.82, 2.24) is 10.6 Å². The number of aliphatic carboxylic acids is 1. The molecule has 0 aromatic carbocycles. The van der Waals surface area contributed by atoms with Crippen molar-refractivity contribution in [3.8, 4) is 0 Å². The molecule has 0 aromatic rings. The Kier molecular flexibility index (Phi) is 15.4. The average molecular weight is 546 g/mol. The fourth-order valence-corrected chi connectivity index (χ4v) is 3.61. The van der Waals surface area contributed by atoms with Crippen LogP contribution in [0.3, 0.4) is 0 Å². The van der Waals surface area contributed by atoms with E-state index in [0.29, 0.717) is 12.1 Å². The number of amides is 3. The third-order valence-electron chi connectivity index (χ3n) is 5.86. The van der Waals surface area contributed by atoms with Gasteiger partial charge in [0.1, 0.15) is 19.5 Å². The van der Waals surface area contributed by atoms with Gasteiger partial charge in [-0.15, -0.1) is 0 Å². The Morgan fingerprint density at radius 2 is 1.89 bits per heavy atom. The van der Waals surface area contributed by atoms with Crippen molar-refractivity contribution < 1.29 is 71.0 Å². The summed E-state index contributed by atoms with van der Waals surface area (Å²) in [4.78, 5) is 88.2. The molecule has 38 heavy (non-hydrogen) atoms. The summed E-state index contributed by atoms with van der Waals surface area (Å²) in [5, 5.41) is 15.7. The van der Waals surface area contributed by atoms with E-state index >= 15 is 0 Å². The van der Waals surface area contributed by atoms with Crippen LogP contribution < -0.4 is 51.0 Å². The smallest absolute Gasteiger partial charge is 0.550 e. The molecule has 1 rings (SSSR count). The first-order chi connectivity index (χ1) is 18.3.